The highest BCUT2D eigenvalue weighted by Crippen LogP contribution is 1.99. The van der Waals surface area contributed by atoms with Gasteiger partial charge in [-0.15, -0.1) is 6.58 Å². The van der Waals surface area contributed by atoms with Gasteiger partial charge in [-0.1, -0.05) is 5.57 Å². The normalized spacial score (nSPS) is 9.50. The van der Waals surface area contributed by atoms with E-state index in [-0.39, 0.29) is 12.5 Å². The molecule has 0 aliphatic heterocycles. The Morgan fingerprint density at radius 3 is 2.67 bits per heavy atom. The first kappa shape index (κ1) is 11.2. The number of carbonyl (C=O) groups is 1. The summed E-state index contributed by atoms with van der Waals surface area (Å²) in [7, 11) is 0. The van der Waals surface area contributed by atoms with Gasteiger partial charge in [0.15, 0.2) is 0 Å². The Labute approximate surface area is 73.5 Å². The topological polar surface area (TPSA) is 49.3 Å². The van der Waals surface area contributed by atoms with Gasteiger partial charge in [0.05, 0.1) is 0 Å². The quantitative estimate of drug-likeness (QED) is 0.459. The van der Waals surface area contributed by atoms with Crippen molar-refractivity contribution in [2.45, 2.75) is 26.2 Å². The molecule has 0 radical (unpaired) electrons. The zero-order valence-corrected chi connectivity index (χ0v) is 7.60. The van der Waals surface area contributed by atoms with E-state index in [9.17, 15) is 4.79 Å². The molecular weight excluding hydrogens is 154 g/mol. The van der Waals surface area contributed by atoms with Crippen LogP contribution in [0.5, 0.6) is 0 Å². The van der Waals surface area contributed by atoms with E-state index in [1.54, 1.807) is 0 Å². The van der Waals surface area contributed by atoms with Crippen molar-refractivity contribution >= 4 is 5.91 Å². The molecule has 0 atom stereocenters. The fourth-order valence-corrected chi connectivity index (χ4v) is 0.722. The highest BCUT2D eigenvalue weighted by molar-refractivity contribution is 5.76. The van der Waals surface area contributed by atoms with E-state index in [2.05, 4.69) is 11.9 Å². The van der Waals surface area contributed by atoms with Crippen LogP contribution in [-0.4, -0.2) is 24.2 Å². The SMILES string of the molecule is C=C(C)CCC(=O)NCCCO. The average Bonchev–Trinajstić information content (AvgIpc) is 2.01. The number of hydrogen-bond donors (Lipinski definition) is 2. The fourth-order valence-electron chi connectivity index (χ4n) is 0.722. The molecule has 0 aliphatic carbocycles. The van der Waals surface area contributed by atoms with E-state index in [0.717, 1.165) is 12.0 Å². The van der Waals surface area contributed by atoms with Crippen molar-refractivity contribution in [2.24, 2.45) is 0 Å². The van der Waals surface area contributed by atoms with Crippen LogP contribution in [0.4, 0.5) is 0 Å². The molecule has 0 heterocycles. The highest BCUT2D eigenvalue weighted by Gasteiger charge is 1.98. The summed E-state index contributed by atoms with van der Waals surface area (Å²) in [5.74, 6) is 0.0338. The first-order chi connectivity index (χ1) is 5.66. The lowest BCUT2D eigenvalue weighted by Gasteiger charge is -2.02. The average molecular weight is 171 g/mol. The van der Waals surface area contributed by atoms with Crippen molar-refractivity contribution in [3.8, 4) is 0 Å². The van der Waals surface area contributed by atoms with Gasteiger partial charge in [0.25, 0.3) is 0 Å². The Morgan fingerprint density at radius 2 is 2.17 bits per heavy atom. The molecule has 0 saturated carbocycles. The zero-order chi connectivity index (χ0) is 9.40. The van der Waals surface area contributed by atoms with Crippen molar-refractivity contribution in [1.82, 2.24) is 5.32 Å². The number of aliphatic hydroxyl groups excluding tert-OH is 1. The van der Waals surface area contributed by atoms with Gasteiger partial charge in [0.1, 0.15) is 0 Å². The second kappa shape index (κ2) is 6.85. The van der Waals surface area contributed by atoms with Crippen LogP contribution in [0, 0.1) is 0 Å². The van der Waals surface area contributed by atoms with Gasteiger partial charge in [0.2, 0.25) is 5.91 Å². The van der Waals surface area contributed by atoms with Crippen LogP contribution < -0.4 is 5.32 Å². The lowest BCUT2D eigenvalue weighted by molar-refractivity contribution is -0.121. The maximum absolute atomic E-state index is 11.0. The van der Waals surface area contributed by atoms with Crippen molar-refractivity contribution in [2.75, 3.05) is 13.2 Å². The summed E-state index contributed by atoms with van der Waals surface area (Å²) in [6.45, 7) is 6.29. The highest BCUT2D eigenvalue weighted by atomic mass is 16.3. The van der Waals surface area contributed by atoms with Crippen LogP contribution in [0.25, 0.3) is 0 Å². The fraction of sp³-hybridized carbons (Fsp3) is 0.667. The van der Waals surface area contributed by atoms with Crippen molar-refractivity contribution in [3.05, 3.63) is 12.2 Å². The largest absolute Gasteiger partial charge is 0.396 e. The molecule has 0 spiro atoms. The van der Waals surface area contributed by atoms with Crippen LogP contribution >= 0.6 is 0 Å². The number of allylic oxidation sites excluding steroid dienone is 1. The monoisotopic (exact) mass is 171 g/mol. The third kappa shape index (κ3) is 7.28. The van der Waals surface area contributed by atoms with E-state index in [0.29, 0.717) is 19.4 Å². The van der Waals surface area contributed by atoms with Gasteiger partial charge < -0.3 is 10.4 Å². The molecule has 0 aromatic carbocycles. The molecule has 70 valence electrons. The molecule has 3 nitrogen and oxygen atoms in total. The van der Waals surface area contributed by atoms with E-state index < -0.39 is 0 Å². The summed E-state index contributed by atoms with van der Waals surface area (Å²) in [6.07, 6.45) is 1.87. The van der Waals surface area contributed by atoms with Gasteiger partial charge in [-0.25, -0.2) is 0 Å². The van der Waals surface area contributed by atoms with Crippen LogP contribution in [0.3, 0.4) is 0 Å². The summed E-state index contributed by atoms with van der Waals surface area (Å²) in [6, 6.07) is 0. The van der Waals surface area contributed by atoms with Gasteiger partial charge >= 0.3 is 0 Å². The Bertz CT molecular complexity index is 155. The maximum Gasteiger partial charge on any atom is 0.220 e. The minimum atomic E-state index is 0.0338. The summed E-state index contributed by atoms with van der Waals surface area (Å²) < 4.78 is 0. The molecule has 0 aromatic rings. The summed E-state index contributed by atoms with van der Waals surface area (Å²) in [4.78, 5) is 11.0. The van der Waals surface area contributed by atoms with Crippen LogP contribution in [0.15, 0.2) is 12.2 Å². The Balaban J connectivity index is 3.28. The van der Waals surface area contributed by atoms with E-state index in [1.807, 2.05) is 6.92 Å². The Hall–Kier alpha value is -0.830. The van der Waals surface area contributed by atoms with Crippen LogP contribution in [0.1, 0.15) is 26.2 Å². The second-order valence-electron chi connectivity index (χ2n) is 2.88. The molecule has 0 fully saturated rings. The number of hydrogen-bond acceptors (Lipinski definition) is 2. The Morgan fingerprint density at radius 1 is 1.50 bits per heavy atom. The molecule has 0 bridgehead atoms. The summed E-state index contributed by atoms with van der Waals surface area (Å²) in [5, 5.41) is 11.1. The molecule has 0 aliphatic rings. The molecule has 0 aromatic heterocycles. The van der Waals surface area contributed by atoms with Gasteiger partial charge in [-0.05, 0) is 19.8 Å². The van der Waals surface area contributed by atoms with Crippen LogP contribution in [0.2, 0.25) is 0 Å². The number of carbonyl (C=O) groups excluding carboxylic acids is 1. The van der Waals surface area contributed by atoms with Crippen molar-refractivity contribution < 1.29 is 9.90 Å². The smallest absolute Gasteiger partial charge is 0.220 e. The first-order valence-electron chi connectivity index (χ1n) is 4.18. The third-order valence-electron chi connectivity index (χ3n) is 1.44. The molecule has 0 rings (SSSR count). The predicted molar refractivity (Wildman–Crippen MR) is 48.8 cm³/mol. The number of nitrogens with one attached hydrogen (secondary N) is 1. The van der Waals surface area contributed by atoms with Gasteiger partial charge in [-0.2, -0.15) is 0 Å². The summed E-state index contributed by atoms with van der Waals surface area (Å²) in [5.41, 5.74) is 1.02. The standard InChI is InChI=1S/C9H17NO2/c1-8(2)4-5-9(12)10-6-3-7-11/h11H,1,3-7H2,2H3,(H,10,12). The van der Waals surface area contributed by atoms with Crippen molar-refractivity contribution in [1.29, 1.82) is 0 Å². The molecule has 12 heavy (non-hydrogen) atoms. The molecule has 0 saturated heterocycles. The molecule has 3 heteroatoms. The second-order valence-corrected chi connectivity index (χ2v) is 2.88. The predicted octanol–water partition coefficient (Wildman–Crippen LogP) is 0.841. The van der Waals surface area contributed by atoms with Crippen LogP contribution in [-0.2, 0) is 4.79 Å². The first-order valence-corrected chi connectivity index (χ1v) is 4.18. The molecule has 0 unspecified atom stereocenters. The lowest BCUT2D eigenvalue weighted by Crippen LogP contribution is -2.24. The van der Waals surface area contributed by atoms with Gasteiger partial charge in [-0.3, -0.25) is 4.79 Å². The maximum atomic E-state index is 11.0. The number of rotatable bonds is 6. The zero-order valence-electron chi connectivity index (χ0n) is 7.60. The molecule has 1 amide bonds. The lowest BCUT2D eigenvalue weighted by atomic mass is 10.2. The third-order valence-corrected chi connectivity index (χ3v) is 1.44. The number of amides is 1. The Kier molecular flexibility index (Phi) is 6.38. The van der Waals surface area contributed by atoms with Gasteiger partial charge in [0, 0.05) is 19.6 Å². The molecule has 2 N–H and O–H groups in total. The van der Waals surface area contributed by atoms with E-state index in [1.165, 1.54) is 0 Å². The molecular formula is C9H17NO2. The van der Waals surface area contributed by atoms with Crippen molar-refractivity contribution in [3.63, 3.8) is 0 Å². The minimum absolute atomic E-state index is 0.0338. The number of aliphatic hydroxyl groups is 1. The van der Waals surface area contributed by atoms with E-state index >= 15 is 0 Å². The summed E-state index contributed by atoms with van der Waals surface area (Å²) >= 11 is 0. The minimum Gasteiger partial charge on any atom is -0.396 e. The van der Waals surface area contributed by atoms with E-state index in [4.69, 9.17) is 5.11 Å².